The Kier molecular flexibility index (Phi) is 7.69. The summed E-state index contributed by atoms with van der Waals surface area (Å²) in [5, 5.41) is 7.82. The highest BCUT2D eigenvalue weighted by molar-refractivity contribution is 6.31. The van der Waals surface area contributed by atoms with Gasteiger partial charge < -0.3 is 20.3 Å². The maximum atomic E-state index is 13.5. The molecule has 2 aliphatic rings. The van der Waals surface area contributed by atoms with Crippen molar-refractivity contribution < 1.29 is 14.3 Å². The van der Waals surface area contributed by atoms with Gasteiger partial charge in [-0.1, -0.05) is 24.9 Å². The number of anilines is 1. The molecule has 0 spiro atoms. The summed E-state index contributed by atoms with van der Waals surface area (Å²) in [4.78, 5) is 36.5. The lowest BCUT2D eigenvalue weighted by molar-refractivity contribution is -0.132. The molecule has 9 heteroatoms. The van der Waals surface area contributed by atoms with E-state index in [0.717, 1.165) is 56.0 Å². The van der Waals surface area contributed by atoms with Gasteiger partial charge in [0.2, 0.25) is 5.91 Å². The standard InChI is InChI=1S/C26H36ClN5O3/c1-5-6-16-13-18(30-25(34)35-26(2,3)4)8-10-22(16)32-12-11-21(24(32)33)31-23-19-14-17(27)7-9-20(19)28-15-29-23/h7,9,14-16,18,21-22H,5-6,8,10-13H2,1-4H3,(H,30,34)(H,28,29,31)/t16-,18-,21+,22+/m1/s1. The predicted molar refractivity (Wildman–Crippen MR) is 137 cm³/mol. The van der Waals surface area contributed by atoms with Crippen LogP contribution in [0.4, 0.5) is 10.6 Å². The zero-order chi connectivity index (χ0) is 25.2. The number of aromatic nitrogens is 2. The molecule has 2 N–H and O–H groups in total. The number of likely N-dealkylation sites (tertiary alicyclic amines) is 1. The summed E-state index contributed by atoms with van der Waals surface area (Å²) < 4.78 is 5.45. The zero-order valence-corrected chi connectivity index (χ0v) is 21.8. The minimum atomic E-state index is -0.519. The number of ether oxygens (including phenoxy) is 1. The number of alkyl carbamates (subject to hydrolysis) is 1. The number of hydrogen-bond acceptors (Lipinski definition) is 6. The van der Waals surface area contributed by atoms with E-state index in [4.69, 9.17) is 16.3 Å². The molecule has 0 bridgehead atoms. The van der Waals surface area contributed by atoms with Gasteiger partial charge in [-0.3, -0.25) is 4.79 Å². The van der Waals surface area contributed by atoms with E-state index < -0.39 is 5.60 Å². The van der Waals surface area contributed by atoms with Crippen LogP contribution in [-0.2, 0) is 9.53 Å². The van der Waals surface area contributed by atoms with Crippen molar-refractivity contribution in [2.45, 2.75) is 89.9 Å². The van der Waals surface area contributed by atoms with E-state index in [0.29, 0.717) is 16.8 Å². The van der Waals surface area contributed by atoms with E-state index in [-0.39, 0.29) is 30.1 Å². The van der Waals surface area contributed by atoms with Crippen LogP contribution >= 0.6 is 11.6 Å². The first-order chi connectivity index (χ1) is 16.6. The first kappa shape index (κ1) is 25.5. The second kappa shape index (κ2) is 10.6. The van der Waals surface area contributed by atoms with Gasteiger partial charge in [-0.15, -0.1) is 0 Å². The monoisotopic (exact) mass is 501 g/mol. The molecule has 1 aliphatic heterocycles. The molecule has 1 aliphatic carbocycles. The number of carbonyl (C=O) groups is 2. The van der Waals surface area contributed by atoms with Crippen molar-refractivity contribution in [2.75, 3.05) is 11.9 Å². The van der Waals surface area contributed by atoms with Gasteiger partial charge in [0, 0.05) is 29.0 Å². The molecule has 1 aromatic heterocycles. The summed E-state index contributed by atoms with van der Waals surface area (Å²) in [6.07, 6.45) is 6.48. The number of nitrogens with one attached hydrogen (secondary N) is 2. The van der Waals surface area contributed by atoms with Crippen LogP contribution in [0.15, 0.2) is 24.5 Å². The minimum Gasteiger partial charge on any atom is -0.444 e. The first-order valence-electron chi connectivity index (χ1n) is 12.6. The molecule has 1 saturated carbocycles. The summed E-state index contributed by atoms with van der Waals surface area (Å²) in [7, 11) is 0. The van der Waals surface area contributed by atoms with E-state index in [2.05, 4.69) is 32.4 Å². The zero-order valence-electron chi connectivity index (χ0n) is 21.0. The third kappa shape index (κ3) is 6.15. The number of amides is 2. The summed E-state index contributed by atoms with van der Waals surface area (Å²) in [6.45, 7) is 8.49. The van der Waals surface area contributed by atoms with Crippen LogP contribution in [0.3, 0.4) is 0 Å². The molecule has 1 saturated heterocycles. The molecule has 0 radical (unpaired) electrons. The SMILES string of the molecule is CCC[C@@H]1C[C@H](NC(=O)OC(C)(C)C)CC[C@@H]1N1CC[C@H](Nc2ncnc3ccc(Cl)cc23)C1=O. The van der Waals surface area contributed by atoms with Crippen LogP contribution in [-0.4, -0.2) is 57.1 Å². The Bertz CT molecular complexity index is 1070. The van der Waals surface area contributed by atoms with Crippen molar-refractivity contribution in [3.05, 3.63) is 29.5 Å². The summed E-state index contributed by atoms with van der Waals surface area (Å²) in [5.41, 5.74) is 0.266. The van der Waals surface area contributed by atoms with Gasteiger partial charge in [-0.05, 0) is 77.0 Å². The number of fused-ring (bicyclic) bond motifs is 1. The van der Waals surface area contributed by atoms with E-state index in [1.807, 2.05) is 32.9 Å². The van der Waals surface area contributed by atoms with E-state index in [9.17, 15) is 9.59 Å². The van der Waals surface area contributed by atoms with Gasteiger partial charge in [0.1, 0.15) is 23.8 Å². The third-order valence-electron chi connectivity index (χ3n) is 6.87. The average molecular weight is 502 g/mol. The fourth-order valence-electron chi connectivity index (χ4n) is 5.42. The maximum Gasteiger partial charge on any atom is 0.407 e. The molecule has 4 atom stereocenters. The smallest absolute Gasteiger partial charge is 0.407 e. The van der Waals surface area contributed by atoms with Gasteiger partial charge in [-0.25, -0.2) is 14.8 Å². The lowest BCUT2D eigenvalue weighted by Gasteiger charge is -2.41. The highest BCUT2D eigenvalue weighted by atomic mass is 35.5. The molecular formula is C26H36ClN5O3. The Morgan fingerprint density at radius 3 is 2.77 bits per heavy atom. The summed E-state index contributed by atoms with van der Waals surface area (Å²) in [6, 6.07) is 5.40. The largest absolute Gasteiger partial charge is 0.444 e. The van der Waals surface area contributed by atoms with Gasteiger partial charge in [0.15, 0.2) is 0 Å². The maximum absolute atomic E-state index is 13.5. The lowest BCUT2D eigenvalue weighted by atomic mass is 9.78. The van der Waals surface area contributed by atoms with E-state index in [1.54, 1.807) is 6.07 Å². The van der Waals surface area contributed by atoms with Crippen LogP contribution < -0.4 is 10.6 Å². The Morgan fingerprint density at radius 1 is 1.23 bits per heavy atom. The molecule has 2 amide bonds. The fourth-order valence-corrected chi connectivity index (χ4v) is 5.59. The highest BCUT2D eigenvalue weighted by Crippen LogP contribution is 2.35. The number of halogens is 1. The number of hydrogen-bond donors (Lipinski definition) is 2. The topological polar surface area (TPSA) is 96.5 Å². The van der Waals surface area contributed by atoms with E-state index in [1.165, 1.54) is 6.33 Å². The van der Waals surface area contributed by atoms with Crippen LogP contribution in [0.2, 0.25) is 5.02 Å². The predicted octanol–water partition coefficient (Wildman–Crippen LogP) is 5.16. The van der Waals surface area contributed by atoms with Gasteiger partial charge >= 0.3 is 6.09 Å². The summed E-state index contributed by atoms with van der Waals surface area (Å²) in [5.74, 6) is 1.09. The first-order valence-corrected chi connectivity index (χ1v) is 13.0. The Labute approximate surface area is 212 Å². The fraction of sp³-hybridized carbons (Fsp3) is 0.615. The molecule has 1 aromatic carbocycles. The molecule has 0 unspecified atom stereocenters. The van der Waals surface area contributed by atoms with Crippen molar-refractivity contribution in [2.24, 2.45) is 5.92 Å². The van der Waals surface area contributed by atoms with Crippen LogP contribution in [0.5, 0.6) is 0 Å². The summed E-state index contributed by atoms with van der Waals surface area (Å²) >= 11 is 6.19. The Balaban J connectivity index is 1.42. The molecule has 35 heavy (non-hydrogen) atoms. The van der Waals surface area contributed by atoms with Crippen molar-refractivity contribution in [3.63, 3.8) is 0 Å². The number of nitrogens with zero attached hydrogens (tertiary/aromatic N) is 3. The Morgan fingerprint density at radius 2 is 2.03 bits per heavy atom. The number of rotatable bonds is 6. The molecule has 2 aromatic rings. The molecular weight excluding hydrogens is 466 g/mol. The number of benzene rings is 1. The molecule has 4 rings (SSSR count). The van der Waals surface area contributed by atoms with Crippen molar-refractivity contribution in [1.82, 2.24) is 20.2 Å². The van der Waals surface area contributed by atoms with Crippen molar-refractivity contribution in [3.8, 4) is 0 Å². The molecule has 190 valence electrons. The normalized spacial score (nSPS) is 25.1. The molecule has 2 heterocycles. The van der Waals surface area contributed by atoms with Crippen LogP contribution in [0, 0.1) is 5.92 Å². The highest BCUT2D eigenvalue weighted by Gasteiger charge is 2.42. The quantitative estimate of drug-likeness (QED) is 0.567. The lowest BCUT2D eigenvalue weighted by Crippen LogP contribution is -2.51. The molecule has 8 nitrogen and oxygen atoms in total. The Hall–Kier alpha value is -2.61. The van der Waals surface area contributed by atoms with Gasteiger partial charge in [0.05, 0.1) is 5.52 Å². The van der Waals surface area contributed by atoms with Crippen molar-refractivity contribution in [1.29, 1.82) is 0 Å². The van der Waals surface area contributed by atoms with Crippen molar-refractivity contribution >= 4 is 40.3 Å². The van der Waals surface area contributed by atoms with Gasteiger partial charge in [0.25, 0.3) is 0 Å². The van der Waals surface area contributed by atoms with Gasteiger partial charge in [-0.2, -0.15) is 0 Å². The third-order valence-corrected chi connectivity index (χ3v) is 7.11. The number of carbonyl (C=O) groups excluding carboxylic acids is 2. The molecule has 2 fully saturated rings. The van der Waals surface area contributed by atoms with E-state index >= 15 is 0 Å². The van der Waals surface area contributed by atoms with Crippen LogP contribution in [0.25, 0.3) is 10.9 Å². The van der Waals surface area contributed by atoms with Crippen LogP contribution in [0.1, 0.15) is 66.2 Å². The second-order valence-corrected chi connectivity index (χ2v) is 11.1. The average Bonchev–Trinajstić information content (AvgIpc) is 3.13. The second-order valence-electron chi connectivity index (χ2n) is 10.7. The minimum absolute atomic E-state index is 0.0707.